The number of nitrogens with zero attached hydrogens (tertiary/aromatic N) is 1. The minimum atomic E-state index is -0.317. The molecule has 0 aliphatic rings. The van der Waals surface area contributed by atoms with Gasteiger partial charge in [0.05, 0.1) is 18.5 Å². The van der Waals surface area contributed by atoms with Gasteiger partial charge in [0.2, 0.25) is 0 Å². The Morgan fingerprint density at radius 1 is 1.17 bits per heavy atom. The van der Waals surface area contributed by atoms with E-state index in [2.05, 4.69) is 10.3 Å². The van der Waals surface area contributed by atoms with Gasteiger partial charge in [0.25, 0.3) is 5.91 Å². The second-order valence-corrected chi connectivity index (χ2v) is 6.01. The molecule has 1 N–H and O–H groups in total. The van der Waals surface area contributed by atoms with Crippen molar-refractivity contribution in [1.29, 1.82) is 0 Å². The fraction of sp³-hybridized carbons (Fsp3) is 0.294. The molecule has 0 fully saturated rings. The van der Waals surface area contributed by atoms with Crippen molar-refractivity contribution in [2.24, 2.45) is 0 Å². The quantitative estimate of drug-likeness (QED) is 0.852. The van der Waals surface area contributed by atoms with Gasteiger partial charge in [0.15, 0.2) is 12.4 Å². The molecule has 0 saturated carbocycles. The van der Waals surface area contributed by atoms with E-state index < -0.39 is 0 Å². The van der Waals surface area contributed by atoms with Crippen molar-refractivity contribution in [3.8, 4) is 11.5 Å². The number of hydrogen-bond acceptors (Lipinski definition) is 4. The van der Waals surface area contributed by atoms with Crippen LogP contribution < -0.4 is 14.8 Å². The molecular formula is C17H18Cl2N2O3. The number of aromatic nitrogens is 1. The lowest BCUT2D eigenvalue weighted by Crippen LogP contribution is -2.21. The second kappa shape index (κ2) is 7.73. The lowest BCUT2D eigenvalue weighted by atomic mass is 10.2. The van der Waals surface area contributed by atoms with Gasteiger partial charge in [-0.3, -0.25) is 9.78 Å². The summed E-state index contributed by atoms with van der Waals surface area (Å²) in [6.45, 7) is 5.16. The third kappa shape index (κ3) is 4.10. The van der Waals surface area contributed by atoms with Gasteiger partial charge < -0.3 is 14.8 Å². The van der Waals surface area contributed by atoms with Crippen molar-refractivity contribution in [1.82, 2.24) is 4.98 Å². The van der Waals surface area contributed by atoms with E-state index in [-0.39, 0.29) is 18.3 Å². The van der Waals surface area contributed by atoms with Crippen LogP contribution in [0.15, 0.2) is 18.2 Å². The maximum atomic E-state index is 12.1. The molecule has 24 heavy (non-hydrogen) atoms. The fourth-order valence-electron chi connectivity index (χ4n) is 2.13. The van der Waals surface area contributed by atoms with E-state index in [0.717, 1.165) is 11.3 Å². The zero-order valence-electron chi connectivity index (χ0n) is 13.9. The molecule has 0 radical (unpaired) electrons. The van der Waals surface area contributed by atoms with E-state index in [4.69, 9.17) is 32.7 Å². The molecule has 5 nitrogen and oxygen atoms in total. The normalized spacial score (nSPS) is 10.4. The molecule has 2 rings (SSSR count). The highest BCUT2D eigenvalue weighted by molar-refractivity contribution is 6.37. The molecule has 1 aromatic carbocycles. The van der Waals surface area contributed by atoms with Crippen LogP contribution in [0.2, 0.25) is 10.0 Å². The van der Waals surface area contributed by atoms with Gasteiger partial charge in [-0.05, 0) is 44.5 Å². The molecule has 2 aromatic rings. The number of amides is 1. The standard InChI is InChI=1S/C17H18Cl2N2O3/c1-9-7-12(23-4)5-6-13(9)21-14(22)8-24-17-15(18)10(2)20-11(3)16(17)19/h5-7H,8H2,1-4H3,(H,21,22). The molecule has 7 heteroatoms. The second-order valence-electron chi connectivity index (χ2n) is 5.26. The Morgan fingerprint density at radius 3 is 2.33 bits per heavy atom. The molecule has 128 valence electrons. The smallest absolute Gasteiger partial charge is 0.262 e. The van der Waals surface area contributed by atoms with Crippen LogP contribution in [-0.2, 0) is 4.79 Å². The molecule has 0 bridgehead atoms. The highest BCUT2D eigenvalue weighted by atomic mass is 35.5. The van der Waals surface area contributed by atoms with Crippen LogP contribution in [-0.4, -0.2) is 24.6 Å². The number of nitrogens with one attached hydrogen (secondary N) is 1. The monoisotopic (exact) mass is 368 g/mol. The molecule has 1 amide bonds. The topological polar surface area (TPSA) is 60.5 Å². The molecule has 1 heterocycles. The molecule has 0 aliphatic heterocycles. The molecule has 0 saturated heterocycles. The summed E-state index contributed by atoms with van der Waals surface area (Å²) in [6.07, 6.45) is 0. The summed E-state index contributed by atoms with van der Waals surface area (Å²) in [5.74, 6) is 0.676. The highest BCUT2D eigenvalue weighted by Gasteiger charge is 2.16. The van der Waals surface area contributed by atoms with Crippen LogP contribution in [0.25, 0.3) is 0 Å². The van der Waals surface area contributed by atoms with E-state index in [1.807, 2.05) is 13.0 Å². The Hall–Kier alpha value is -1.98. The lowest BCUT2D eigenvalue weighted by molar-refractivity contribution is -0.118. The first-order valence-corrected chi connectivity index (χ1v) is 7.98. The maximum absolute atomic E-state index is 12.1. The van der Waals surface area contributed by atoms with Crippen LogP contribution in [0.4, 0.5) is 5.69 Å². The van der Waals surface area contributed by atoms with Gasteiger partial charge in [0, 0.05) is 5.69 Å². The zero-order valence-corrected chi connectivity index (χ0v) is 15.4. The summed E-state index contributed by atoms with van der Waals surface area (Å²) in [5.41, 5.74) is 2.76. The van der Waals surface area contributed by atoms with Gasteiger partial charge in [0.1, 0.15) is 15.8 Å². The number of halogens is 2. The van der Waals surface area contributed by atoms with Crippen molar-refractivity contribution in [3.63, 3.8) is 0 Å². The largest absolute Gasteiger partial charge is 0.497 e. The van der Waals surface area contributed by atoms with E-state index in [9.17, 15) is 4.79 Å². The van der Waals surface area contributed by atoms with E-state index in [1.165, 1.54) is 0 Å². The van der Waals surface area contributed by atoms with Crippen LogP contribution in [0.1, 0.15) is 17.0 Å². The van der Waals surface area contributed by atoms with Crippen molar-refractivity contribution >= 4 is 34.8 Å². The Bertz CT molecular complexity index is 753. The molecule has 0 aliphatic carbocycles. The van der Waals surface area contributed by atoms with Crippen LogP contribution in [0, 0.1) is 20.8 Å². The zero-order chi connectivity index (χ0) is 17.9. The maximum Gasteiger partial charge on any atom is 0.262 e. The van der Waals surface area contributed by atoms with Crippen molar-refractivity contribution in [3.05, 3.63) is 45.2 Å². The number of hydrogen-bond donors (Lipinski definition) is 1. The molecule has 0 unspecified atom stereocenters. The molecule has 1 aromatic heterocycles. The Balaban J connectivity index is 2.07. The van der Waals surface area contributed by atoms with Crippen molar-refractivity contribution in [2.75, 3.05) is 19.0 Å². The minimum Gasteiger partial charge on any atom is -0.497 e. The van der Waals surface area contributed by atoms with Crippen molar-refractivity contribution in [2.45, 2.75) is 20.8 Å². The van der Waals surface area contributed by atoms with E-state index in [0.29, 0.717) is 27.1 Å². The Labute approximate surface area is 150 Å². The Morgan fingerprint density at radius 2 is 1.79 bits per heavy atom. The molecule has 0 atom stereocenters. The van der Waals surface area contributed by atoms with Gasteiger partial charge in [-0.2, -0.15) is 0 Å². The van der Waals surface area contributed by atoms with Gasteiger partial charge in [-0.25, -0.2) is 0 Å². The molecule has 0 spiro atoms. The number of carbonyl (C=O) groups is 1. The summed E-state index contributed by atoms with van der Waals surface area (Å²) in [5, 5.41) is 3.39. The predicted octanol–water partition coefficient (Wildman–Crippen LogP) is 4.34. The van der Waals surface area contributed by atoms with Crippen molar-refractivity contribution < 1.29 is 14.3 Å². The first-order valence-electron chi connectivity index (χ1n) is 7.23. The average molecular weight is 369 g/mol. The number of ether oxygens (including phenoxy) is 2. The summed E-state index contributed by atoms with van der Waals surface area (Å²) in [4.78, 5) is 16.3. The highest BCUT2D eigenvalue weighted by Crippen LogP contribution is 2.36. The minimum absolute atomic E-state index is 0.214. The van der Waals surface area contributed by atoms with Gasteiger partial charge in [-0.1, -0.05) is 23.2 Å². The van der Waals surface area contributed by atoms with Gasteiger partial charge >= 0.3 is 0 Å². The SMILES string of the molecule is COc1ccc(NC(=O)COc2c(Cl)c(C)nc(C)c2Cl)c(C)c1. The summed E-state index contributed by atoms with van der Waals surface area (Å²) < 4.78 is 10.6. The number of aryl methyl sites for hydroxylation is 3. The van der Waals surface area contributed by atoms with Crippen LogP contribution >= 0.6 is 23.2 Å². The van der Waals surface area contributed by atoms with Gasteiger partial charge in [-0.15, -0.1) is 0 Å². The third-order valence-corrected chi connectivity index (χ3v) is 4.31. The number of pyridine rings is 1. The number of methoxy groups -OCH3 is 1. The summed E-state index contributed by atoms with van der Waals surface area (Å²) in [6, 6.07) is 5.37. The van der Waals surface area contributed by atoms with E-state index >= 15 is 0 Å². The first kappa shape index (κ1) is 18.4. The Kier molecular flexibility index (Phi) is 5.91. The number of benzene rings is 1. The number of anilines is 1. The average Bonchev–Trinajstić information content (AvgIpc) is 2.55. The molecular weight excluding hydrogens is 351 g/mol. The van der Waals surface area contributed by atoms with E-state index in [1.54, 1.807) is 33.1 Å². The summed E-state index contributed by atoms with van der Waals surface area (Å²) in [7, 11) is 1.59. The summed E-state index contributed by atoms with van der Waals surface area (Å²) >= 11 is 12.3. The lowest BCUT2D eigenvalue weighted by Gasteiger charge is -2.14. The van der Waals surface area contributed by atoms with Crippen LogP contribution in [0.5, 0.6) is 11.5 Å². The number of rotatable bonds is 5. The fourth-order valence-corrected chi connectivity index (χ4v) is 2.56. The third-order valence-electron chi connectivity index (χ3n) is 3.42. The number of carbonyl (C=O) groups excluding carboxylic acids is 1. The predicted molar refractivity (Wildman–Crippen MR) is 95.6 cm³/mol. The van der Waals surface area contributed by atoms with Crippen LogP contribution in [0.3, 0.4) is 0 Å². The first-order chi connectivity index (χ1) is 11.3.